The van der Waals surface area contributed by atoms with Crippen molar-refractivity contribution in [3.05, 3.63) is 121 Å². The first-order chi connectivity index (χ1) is 13.4. The van der Waals surface area contributed by atoms with Crippen LogP contribution in [0.25, 0.3) is 0 Å². The molecule has 4 rings (SSSR count). The largest absolute Gasteiger partial charge is 0.442 e. The minimum absolute atomic E-state index is 1.28. The van der Waals surface area contributed by atoms with Gasteiger partial charge in [0.2, 0.25) is 0 Å². The Hall–Kier alpha value is -2.73. The maximum atomic E-state index is 7.00. The third-order valence-corrected chi connectivity index (χ3v) is 9.41. The van der Waals surface area contributed by atoms with Crippen molar-refractivity contribution in [3.63, 3.8) is 0 Å². The van der Waals surface area contributed by atoms with Crippen molar-refractivity contribution in [3.8, 4) is 0 Å². The number of hydrogen-bond acceptors (Lipinski definition) is 1. The summed E-state index contributed by atoms with van der Waals surface area (Å²) in [5.74, 6) is 0. The van der Waals surface area contributed by atoms with Gasteiger partial charge in [0.1, 0.15) is 0 Å². The summed E-state index contributed by atoms with van der Waals surface area (Å²) in [6.45, 7) is 0. The van der Waals surface area contributed by atoms with Gasteiger partial charge in [0.05, 0.1) is 0 Å². The SMILES string of the molecule is c1ccc([Si](O[Si](c2ccccc2)c2ccccc2)c2ccccc2)cc1. The van der Waals surface area contributed by atoms with Gasteiger partial charge in [0.15, 0.2) is 0 Å². The molecule has 1 nitrogen and oxygen atoms in total. The summed E-state index contributed by atoms with van der Waals surface area (Å²) in [6.07, 6.45) is 0. The zero-order chi connectivity index (χ0) is 18.3. The van der Waals surface area contributed by atoms with Crippen LogP contribution in [0.2, 0.25) is 0 Å². The number of hydrogen-bond donors (Lipinski definition) is 0. The van der Waals surface area contributed by atoms with Crippen LogP contribution >= 0.6 is 0 Å². The Kier molecular flexibility index (Phi) is 5.74. The highest BCUT2D eigenvalue weighted by Crippen LogP contribution is 2.00. The summed E-state index contributed by atoms with van der Waals surface area (Å²) in [6, 6.07) is 42.6. The highest BCUT2D eigenvalue weighted by atomic mass is 28.4. The van der Waals surface area contributed by atoms with E-state index in [1.165, 1.54) is 20.7 Å². The average molecular weight is 381 g/mol. The van der Waals surface area contributed by atoms with Gasteiger partial charge in [0, 0.05) is 0 Å². The highest BCUT2D eigenvalue weighted by molar-refractivity contribution is 6.91. The summed E-state index contributed by atoms with van der Waals surface area (Å²) in [5.41, 5.74) is 0. The van der Waals surface area contributed by atoms with Gasteiger partial charge in [-0.2, -0.15) is 0 Å². The highest BCUT2D eigenvalue weighted by Gasteiger charge is 2.27. The standard InChI is InChI=1S/C24H20OSi2/c1-5-13-21(14-6-1)26(22-15-7-2-8-16-22)25-27(23-17-9-3-10-18-23)24-19-11-4-12-20-24/h1-20H. The van der Waals surface area contributed by atoms with E-state index in [1.54, 1.807) is 0 Å². The zero-order valence-corrected chi connectivity index (χ0v) is 17.0. The van der Waals surface area contributed by atoms with E-state index in [0.717, 1.165) is 0 Å². The second-order valence-electron chi connectivity index (χ2n) is 6.22. The molecule has 27 heavy (non-hydrogen) atoms. The van der Waals surface area contributed by atoms with Gasteiger partial charge in [-0.25, -0.2) is 0 Å². The second kappa shape index (κ2) is 8.78. The molecule has 0 atom stereocenters. The monoisotopic (exact) mass is 380 g/mol. The summed E-state index contributed by atoms with van der Waals surface area (Å²) in [4.78, 5) is 0. The summed E-state index contributed by atoms with van der Waals surface area (Å²) in [5, 5.41) is 5.12. The van der Waals surface area contributed by atoms with Crippen LogP contribution in [-0.2, 0) is 4.12 Å². The molecule has 0 fully saturated rings. The Balaban J connectivity index is 1.77. The third-order valence-electron chi connectivity index (χ3n) is 4.35. The minimum atomic E-state index is -1.35. The van der Waals surface area contributed by atoms with E-state index >= 15 is 0 Å². The predicted molar refractivity (Wildman–Crippen MR) is 117 cm³/mol. The molecule has 0 aromatic heterocycles. The van der Waals surface area contributed by atoms with Crippen LogP contribution in [-0.4, -0.2) is 18.1 Å². The van der Waals surface area contributed by atoms with Crippen molar-refractivity contribution >= 4 is 38.8 Å². The Bertz CT molecular complexity index is 785. The first-order valence-corrected chi connectivity index (χ1v) is 11.9. The molecule has 0 bridgehead atoms. The Morgan fingerprint density at radius 3 is 0.778 bits per heavy atom. The molecule has 0 saturated carbocycles. The average Bonchev–Trinajstić information content (AvgIpc) is 2.77. The van der Waals surface area contributed by atoms with Gasteiger partial charge in [-0.1, -0.05) is 121 Å². The molecule has 0 amide bonds. The molecule has 0 heterocycles. The van der Waals surface area contributed by atoms with E-state index in [2.05, 4.69) is 121 Å². The van der Waals surface area contributed by atoms with E-state index in [1.807, 2.05) is 0 Å². The molecule has 0 N–H and O–H groups in total. The fourth-order valence-corrected chi connectivity index (χ4v) is 8.38. The van der Waals surface area contributed by atoms with Crippen molar-refractivity contribution in [2.45, 2.75) is 0 Å². The van der Waals surface area contributed by atoms with Crippen LogP contribution in [0.5, 0.6) is 0 Å². The molecule has 0 aliphatic carbocycles. The van der Waals surface area contributed by atoms with Crippen LogP contribution in [0.1, 0.15) is 0 Å². The second-order valence-corrected chi connectivity index (χ2v) is 10.7. The Morgan fingerprint density at radius 2 is 0.556 bits per heavy atom. The quantitative estimate of drug-likeness (QED) is 0.467. The molecular weight excluding hydrogens is 360 g/mol. The van der Waals surface area contributed by atoms with Gasteiger partial charge in [-0.05, 0) is 20.7 Å². The van der Waals surface area contributed by atoms with Crippen LogP contribution in [0, 0.1) is 0 Å². The van der Waals surface area contributed by atoms with E-state index in [0.29, 0.717) is 0 Å². The van der Waals surface area contributed by atoms with Crippen LogP contribution in [0.3, 0.4) is 0 Å². The fourth-order valence-electron chi connectivity index (χ4n) is 3.03. The van der Waals surface area contributed by atoms with Crippen molar-refractivity contribution in [2.75, 3.05) is 0 Å². The molecule has 0 saturated heterocycles. The zero-order valence-electron chi connectivity index (χ0n) is 15.0. The first kappa shape index (κ1) is 17.7. The summed E-state index contributed by atoms with van der Waals surface area (Å²) in [7, 11) is -2.69. The molecule has 0 unspecified atom stereocenters. The topological polar surface area (TPSA) is 9.23 Å². The van der Waals surface area contributed by atoms with Gasteiger partial charge < -0.3 is 4.12 Å². The molecule has 0 aliphatic rings. The van der Waals surface area contributed by atoms with Crippen LogP contribution in [0.4, 0.5) is 0 Å². The lowest BCUT2D eigenvalue weighted by molar-refractivity contribution is 0.633. The fraction of sp³-hybridized carbons (Fsp3) is 0. The molecule has 4 aromatic carbocycles. The molecule has 2 radical (unpaired) electrons. The Labute approximate surface area is 164 Å². The van der Waals surface area contributed by atoms with Crippen molar-refractivity contribution in [1.29, 1.82) is 0 Å². The minimum Gasteiger partial charge on any atom is -0.442 e. The van der Waals surface area contributed by atoms with Crippen molar-refractivity contribution in [2.24, 2.45) is 0 Å². The molecule has 0 aliphatic heterocycles. The lowest BCUT2D eigenvalue weighted by atomic mass is 10.4. The maximum absolute atomic E-state index is 7.00. The third kappa shape index (κ3) is 4.34. The van der Waals surface area contributed by atoms with Crippen LogP contribution < -0.4 is 20.7 Å². The first-order valence-electron chi connectivity index (χ1n) is 9.05. The molecule has 130 valence electrons. The van der Waals surface area contributed by atoms with E-state index < -0.39 is 18.1 Å². The van der Waals surface area contributed by atoms with E-state index in [4.69, 9.17) is 4.12 Å². The molecule has 3 heteroatoms. The van der Waals surface area contributed by atoms with Crippen molar-refractivity contribution < 1.29 is 4.12 Å². The normalized spacial score (nSPS) is 11.0. The number of rotatable bonds is 6. The van der Waals surface area contributed by atoms with Crippen molar-refractivity contribution in [1.82, 2.24) is 0 Å². The lowest BCUT2D eigenvalue weighted by Gasteiger charge is -2.23. The predicted octanol–water partition coefficient (Wildman–Crippen LogP) is 2.61. The smallest absolute Gasteiger partial charge is 0.272 e. The van der Waals surface area contributed by atoms with Gasteiger partial charge >= 0.3 is 0 Å². The van der Waals surface area contributed by atoms with Gasteiger partial charge in [-0.3, -0.25) is 0 Å². The van der Waals surface area contributed by atoms with Crippen LogP contribution in [0.15, 0.2) is 121 Å². The summed E-state index contributed by atoms with van der Waals surface area (Å²) < 4.78 is 7.00. The van der Waals surface area contributed by atoms with Gasteiger partial charge in [0.25, 0.3) is 18.1 Å². The molecule has 0 spiro atoms. The van der Waals surface area contributed by atoms with Gasteiger partial charge in [-0.15, -0.1) is 0 Å². The number of benzene rings is 4. The maximum Gasteiger partial charge on any atom is 0.272 e. The molecular formula is C24H20OSi2. The summed E-state index contributed by atoms with van der Waals surface area (Å²) >= 11 is 0. The van der Waals surface area contributed by atoms with E-state index in [9.17, 15) is 0 Å². The molecule has 4 aromatic rings. The Morgan fingerprint density at radius 1 is 0.333 bits per heavy atom. The lowest BCUT2D eigenvalue weighted by Crippen LogP contribution is -2.55. The van der Waals surface area contributed by atoms with E-state index in [-0.39, 0.29) is 0 Å².